The fourth-order valence-corrected chi connectivity index (χ4v) is 5.33. The van der Waals surface area contributed by atoms with Crippen molar-refractivity contribution in [2.24, 2.45) is 11.8 Å². The molecule has 116 valence electrons. The maximum absolute atomic E-state index is 12.0. The lowest BCUT2D eigenvalue weighted by molar-refractivity contribution is 0.102. The molecular weight excluding hydrogens is 308 g/mol. The number of anilines is 2. The van der Waals surface area contributed by atoms with Crippen molar-refractivity contribution < 1.29 is 13.2 Å². The number of Topliss-reactive ketones (excluding diaryl/α,β-unsaturated/α-hetero) is 1. The number of hydrogen-bond donors (Lipinski definition) is 2. The Kier molecular flexibility index (Phi) is 3.52. The van der Waals surface area contributed by atoms with E-state index in [-0.39, 0.29) is 16.4 Å². The van der Waals surface area contributed by atoms with E-state index in [2.05, 4.69) is 5.32 Å². The summed E-state index contributed by atoms with van der Waals surface area (Å²) in [6.45, 7) is 1.41. The lowest BCUT2D eigenvalue weighted by Gasteiger charge is -2.18. The average Bonchev–Trinajstić information content (AvgIpc) is 3.22. The molecule has 2 aliphatic carbocycles. The molecule has 0 radical (unpaired) electrons. The van der Waals surface area contributed by atoms with Crippen molar-refractivity contribution >= 4 is 37.6 Å². The number of rotatable bonds is 6. The lowest BCUT2D eigenvalue weighted by Crippen LogP contribution is -2.24. The first kappa shape index (κ1) is 14.8. The minimum atomic E-state index is -3.46. The number of thiophene rings is 1. The van der Waals surface area contributed by atoms with E-state index >= 15 is 0 Å². The van der Waals surface area contributed by atoms with Gasteiger partial charge in [0.05, 0.1) is 10.6 Å². The van der Waals surface area contributed by atoms with Crippen LogP contribution in [0.4, 0.5) is 10.7 Å². The van der Waals surface area contributed by atoms with Crippen LogP contribution in [0.15, 0.2) is 4.90 Å². The van der Waals surface area contributed by atoms with Crippen molar-refractivity contribution in [2.45, 2.75) is 43.5 Å². The van der Waals surface area contributed by atoms with Crippen molar-refractivity contribution in [2.75, 3.05) is 17.3 Å². The van der Waals surface area contributed by atoms with Gasteiger partial charge in [-0.1, -0.05) is 0 Å². The molecule has 2 fully saturated rings. The predicted octanol–water partition coefficient (Wildman–Crippen LogP) is 2.54. The van der Waals surface area contributed by atoms with Gasteiger partial charge in [0.15, 0.2) is 15.6 Å². The van der Waals surface area contributed by atoms with E-state index in [0.29, 0.717) is 27.8 Å². The predicted molar refractivity (Wildman–Crippen MR) is 84.7 cm³/mol. The molecule has 5 nitrogen and oxygen atoms in total. The number of hydrogen-bond acceptors (Lipinski definition) is 6. The van der Waals surface area contributed by atoms with Gasteiger partial charge < -0.3 is 11.1 Å². The number of carbonyl (C=O) groups is 1. The standard InChI is InChI=1S/C14H20N2O3S2/c1-7(17)12-10(15)13(21(2,18)19)14(20-12)16-11(8-3-4-8)9-5-6-9/h8-9,11,16H,3-6,15H2,1-2H3. The van der Waals surface area contributed by atoms with Crippen LogP contribution < -0.4 is 11.1 Å². The van der Waals surface area contributed by atoms with E-state index in [9.17, 15) is 13.2 Å². The number of carbonyl (C=O) groups excluding carboxylic acids is 1. The van der Waals surface area contributed by atoms with Gasteiger partial charge in [-0.25, -0.2) is 8.42 Å². The summed E-state index contributed by atoms with van der Waals surface area (Å²) in [5.41, 5.74) is 6.02. The Bertz CT molecular complexity index is 673. The Morgan fingerprint density at radius 3 is 2.19 bits per heavy atom. The minimum Gasteiger partial charge on any atom is -0.396 e. The summed E-state index contributed by atoms with van der Waals surface area (Å²) in [6.07, 6.45) is 5.93. The third kappa shape index (κ3) is 2.94. The number of nitrogens with one attached hydrogen (secondary N) is 1. The quantitative estimate of drug-likeness (QED) is 0.783. The first-order valence-corrected chi connectivity index (χ1v) is 9.89. The molecular formula is C14H20N2O3S2. The van der Waals surface area contributed by atoms with Crippen molar-refractivity contribution in [3.05, 3.63) is 4.88 Å². The fraction of sp³-hybridized carbons (Fsp3) is 0.643. The number of nitrogen functional groups attached to an aromatic ring is 1. The maximum Gasteiger partial charge on any atom is 0.180 e. The van der Waals surface area contributed by atoms with E-state index in [4.69, 9.17) is 5.73 Å². The molecule has 0 unspecified atom stereocenters. The van der Waals surface area contributed by atoms with Gasteiger partial charge in [0.1, 0.15) is 9.90 Å². The van der Waals surface area contributed by atoms with E-state index in [1.807, 2.05) is 0 Å². The van der Waals surface area contributed by atoms with Crippen molar-refractivity contribution in [1.82, 2.24) is 0 Å². The van der Waals surface area contributed by atoms with Crippen LogP contribution >= 0.6 is 11.3 Å². The van der Waals surface area contributed by atoms with Gasteiger partial charge >= 0.3 is 0 Å². The van der Waals surface area contributed by atoms with Crippen LogP contribution in [-0.4, -0.2) is 26.5 Å². The first-order chi connectivity index (χ1) is 9.79. The van der Waals surface area contributed by atoms with Crippen LogP contribution in [0.1, 0.15) is 42.3 Å². The summed E-state index contributed by atoms with van der Waals surface area (Å²) in [4.78, 5) is 12.1. The van der Waals surface area contributed by atoms with Crippen LogP contribution in [0.25, 0.3) is 0 Å². The molecule has 21 heavy (non-hydrogen) atoms. The second-order valence-corrected chi connectivity index (χ2v) is 9.15. The molecule has 0 saturated heterocycles. The van der Waals surface area contributed by atoms with Gasteiger partial charge in [-0.2, -0.15) is 0 Å². The van der Waals surface area contributed by atoms with Crippen LogP contribution in [-0.2, 0) is 9.84 Å². The highest BCUT2D eigenvalue weighted by Gasteiger charge is 2.42. The van der Waals surface area contributed by atoms with Gasteiger partial charge in [0.25, 0.3) is 0 Å². The lowest BCUT2D eigenvalue weighted by atomic mass is 10.1. The molecule has 0 atom stereocenters. The number of ketones is 1. The second-order valence-electron chi connectivity index (χ2n) is 6.18. The Morgan fingerprint density at radius 1 is 1.29 bits per heavy atom. The molecule has 2 saturated carbocycles. The molecule has 3 rings (SSSR count). The fourth-order valence-electron chi connectivity index (χ4n) is 2.84. The van der Waals surface area contributed by atoms with Crippen LogP contribution in [0.3, 0.4) is 0 Å². The van der Waals surface area contributed by atoms with Gasteiger partial charge in [-0.3, -0.25) is 4.79 Å². The van der Waals surface area contributed by atoms with Crippen LogP contribution in [0.5, 0.6) is 0 Å². The maximum atomic E-state index is 12.0. The molecule has 0 aliphatic heterocycles. The highest BCUT2D eigenvalue weighted by atomic mass is 32.2. The van der Waals surface area contributed by atoms with E-state index < -0.39 is 9.84 Å². The number of nitrogens with two attached hydrogens (primary N) is 1. The Morgan fingerprint density at radius 2 is 1.81 bits per heavy atom. The summed E-state index contributed by atoms with van der Waals surface area (Å²) in [7, 11) is -3.46. The highest BCUT2D eigenvalue weighted by molar-refractivity contribution is 7.91. The Balaban J connectivity index is 2.00. The Hall–Kier alpha value is -1.08. The molecule has 0 spiro atoms. The van der Waals surface area contributed by atoms with Gasteiger partial charge in [0.2, 0.25) is 0 Å². The van der Waals surface area contributed by atoms with E-state index in [0.717, 1.165) is 6.26 Å². The van der Waals surface area contributed by atoms with Gasteiger partial charge in [-0.05, 0) is 37.5 Å². The monoisotopic (exact) mass is 328 g/mol. The minimum absolute atomic E-state index is 0.0999. The molecule has 0 amide bonds. The molecule has 2 aliphatic rings. The molecule has 3 N–H and O–H groups in total. The van der Waals surface area contributed by atoms with E-state index in [1.165, 1.54) is 43.9 Å². The van der Waals surface area contributed by atoms with Gasteiger partial charge in [0, 0.05) is 19.2 Å². The first-order valence-electron chi connectivity index (χ1n) is 7.19. The molecule has 1 aromatic rings. The molecule has 1 heterocycles. The summed E-state index contributed by atoms with van der Waals surface area (Å²) in [5.74, 6) is 1.08. The zero-order valence-corrected chi connectivity index (χ0v) is 13.8. The summed E-state index contributed by atoms with van der Waals surface area (Å²) < 4.78 is 24.1. The zero-order valence-electron chi connectivity index (χ0n) is 12.2. The molecule has 0 aromatic carbocycles. The zero-order chi connectivity index (χ0) is 15.4. The SMILES string of the molecule is CC(=O)c1sc(NC(C2CC2)C2CC2)c(S(C)(=O)=O)c1N. The highest BCUT2D eigenvalue weighted by Crippen LogP contribution is 2.48. The van der Waals surface area contributed by atoms with Gasteiger partial charge in [-0.15, -0.1) is 11.3 Å². The molecule has 7 heteroatoms. The largest absolute Gasteiger partial charge is 0.396 e. The van der Waals surface area contributed by atoms with Crippen molar-refractivity contribution in [3.63, 3.8) is 0 Å². The summed E-state index contributed by atoms with van der Waals surface area (Å²) >= 11 is 1.17. The number of sulfone groups is 1. The smallest absolute Gasteiger partial charge is 0.180 e. The van der Waals surface area contributed by atoms with Crippen LogP contribution in [0, 0.1) is 11.8 Å². The molecule has 1 aromatic heterocycles. The Labute approximate surface area is 128 Å². The molecule has 0 bridgehead atoms. The van der Waals surface area contributed by atoms with E-state index in [1.54, 1.807) is 0 Å². The summed E-state index contributed by atoms with van der Waals surface area (Å²) in [6, 6.07) is 0.323. The topological polar surface area (TPSA) is 89.3 Å². The van der Waals surface area contributed by atoms with Crippen LogP contribution in [0.2, 0.25) is 0 Å². The summed E-state index contributed by atoms with van der Waals surface area (Å²) in [5, 5.41) is 3.95. The van der Waals surface area contributed by atoms with Crippen molar-refractivity contribution in [1.29, 1.82) is 0 Å². The third-order valence-corrected chi connectivity index (χ3v) is 6.68. The second kappa shape index (κ2) is 4.98. The normalized spacial score (nSPS) is 19.0. The average molecular weight is 328 g/mol. The van der Waals surface area contributed by atoms with Crippen molar-refractivity contribution in [3.8, 4) is 0 Å². The third-order valence-electron chi connectivity index (χ3n) is 4.15.